The molecule has 0 atom stereocenters. The standard InChI is InChI=1S/C17H15IN4O/c18-14-5-3-4-13(12-14)17(23)21-9-11-22-10-8-20-16(22)15-6-1-2-7-19-15/h1-8,10,12H,9,11H2,(H,21,23). The number of imidazole rings is 1. The molecule has 1 N–H and O–H groups in total. The first-order valence-electron chi connectivity index (χ1n) is 7.20. The number of pyridine rings is 1. The zero-order chi connectivity index (χ0) is 16.1. The number of amides is 1. The summed E-state index contributed by atoms with van der Waals surface area (Å²) >= 11 is 2.20. The van der Waals surface area contributed by atoms with Gasteiger partial charge in [0.05, 0.1) is 0 Å². The maximum absolute atomic E-state index is 12.1. The van der Waals surface area contributed by atoms with Gasteiger partial charge in [0, 0.05) is 40.8 Å². The second kappa shape index (κ2) is 7.36. The molecule has 3 aromatic rings. The highest BCUT2D eigenvalue weighted by atomic mass is 127. The van der Waals surface area contributed by atoms with Crippen molar-refractivity contribution in [3.63, 3.8) is 0 Å². The summed E-state index contributed by atoms with van der Waals surface area (Å²) in [4.78, 5) is 20.8. The van der Waals surface area contributed by atoms with Crippen LogP contribution in [0.5, 0.6) is 0 Å². The van der Waals surface area contributed by atoms with E-state index in [0.717, 1.165) is 15.1 Å². The number of nitrogens with zero attached hydrogens (tertiary/aromatic N) is 3. The van der Waals surface area contributed by atoms with E-state index in [1.807, 2.05) is 53.2 Å². The lowest BCUT2D eigenvalue weighted by Gasteiger charge is -2.09. The minimum Gasteiger partial charge on any atom is -0.350 e. The Hall–Kier alpha value is -2.22. The van der Waals surface area contributed by atoms with E-state index in [4.69, 9.17) is 0 Å². The van der Waals surface area contributed by atoms with Crippen LogP contribution in [0, 0.1) is 3.57 Å². The van der Waals surface area contributed by atoms with E-state index < -0.39 is 0 Å². The number of rotatable bonds is 5. The molecular weight excluding hydrogens is 403 g/mol. The zero-order valence-electron chi connectivity index (χ0n) is 12.3. The van der Waals surface area contributed by atoms with Gasteiger partial charge in [0.2, 0.25) is 0 Å². The fourth-order valence-electron chi connectivity index (χ4n) is 2.24. The summed E-state index contributed by atoms with van der Waals surface area (Å²) in [5.74, 6) is 0.733. The monoisotopic (exact) mass is 418 g/mol. The Balaban J connectivity index is 1.62. The van der Waals surface area contributed by atoms with Gasteiger partial charge >= 0.3 is 0 Å². The van der Waals surface area contributed by atoms with Crippen LogP contribution in [-0.2, 0) is 6.54 Å². The van der Waals surface area contributed by atoms with E-state index in [1.54, 1.807) is 12.4 Å². The third-order valence-electron chi connectivity index (χ3n) is 3.33. The van der Waals surface area contributed by atoms with Gasteiger partial charge in [-0.1, -0.05) is 12.1 Å². The van der Waals surface area contributed by atoms with Gasteiger partial charge < -0.3 is 9.88 Å². The third-order valence-corrected chi connectivity index (χ3v) is 4.01. The van der Waals surface area contributed by atoms with Crippen LogP contribution in [0.1, 0.15) is 10.4 Å². The van der Waals surface area contributed by atoms with E-state index in [-0.39, 0.29) is 5.91 Å². The largest absolute Gasteiger partial charge is 0.350 e. The molecule has 0 aliphatic rings. The number of carbonyl (C=O) groups is 1. The van der Waals surface area contributed by atoms with Crippen molar-refractivity contribution in [2.75, 3.05) is 6.54 Å². The highest BCUT2D eigenvalue weighted by Crippen LogP contribution is 2.13. The lowest BCUT2D eigenvalue weighted by atomic mass is 10.2. The number of nitrogens with one attached hydrogen (secondary N) is 1. The lowest BCUT2D eigenvalue weighted by molar-refractivity contribution is 0.0952. The number of hydrogen-bond donors (Lipinski definition) is 1. The fraction of sp³-hybridized carbons (Fsp3) is 0.118. The van der Waals surface area contributed by atoms with Gasteiger partial charge in [0.15, 0.2) is 5.82 Å². The highest BCUT2D eigenvalue weighted by Gasteiger charge is 2.08. The molecule has 1 amide bonds. The summed E-state index contributed by atoms with van der Waals surface area (Å²) in [7, 11) is 0. The maximum Gasteiger partial charge on any atom is 0.251 e. The molecular formula is C17H15IN4O. The quantitative estimate of drug-likeness (QED) is 0.649. The van der Waals surface area contributed by atoms with Crippen molar-refractivity contribution >= 4 is 28.5 Å². The van der Waals surface area contributed by atoms with E-state index in [1.165, 1.54) is 0 Å². The SMILES string of the molecule is O=C(NCCn1ccnc1-c1ccccn1)c1cccc(I)c1. The van der Waals surface area contributed by atoms with Crippen LogP contribution in [-0.4, -0.2) is 27.0 Å². The first-order chi connectivity index (χ1) is 11.2. The Morgan fingerprint density at radius 2 is 2.04 bits per heavy atom. The molecule has 0 unspecified atom stereocenters. The van der Waals surface area contributed by atoms with Crippen LogP contribution >= 0.6 is 22.6 Å². The van der Waals surface area contributed by atoms with Gasteiger partial charge in [-0.15, -0.1) is 0 Å². The molecule has 116 valence electrons. The van der Waals surface area contributed by atoms with Crippen LogP contribution < -0.4 is 5.32 Å². The summed E-state index contributed by atoms with van der Waals surface area (Å²) in [5, 5.41) is 2.93. The van der Waals surface area contributed by atoms with Crippen molar-refractivity contribution < 1.29 is 4.79 Å². The normalized spacial score (nSPS) is 10.5. The van der Waals surface area contributed by atoms with Crippen LogP contribution in [0.25, 0.3) is 11.5 Å². The molecule has 6 heteroatoms. The third kappa shape index (κ3) is 3.95. The lowest BCUT2D eigenvalue weighted by Crippen LogP contribution is -2.27. The molecule has 0 saturated carbocycles. The minimum absolute atomic E-state index is 0.0667. The highest BCUT2D eigenvalue weighted by molar-refractivity contribution is 14.1. The smallest absolute Gasteiger partial charge is 0.251 e. The summed E-state index contributed by atoms with van der Waals surface area (Å²) in [6.45, 7) is 1.17. The average Bonchev–Trinajstić information content (AvgIpc) is 3.04. The Kier molecular flexibility index (Phi) is 5.02. The van der Waals surface area contributed by atoms with E-state index in [2.05, 4.69) is 37.9 Å². The number of aromatic nitrogens is 3. The predicted molar refractivity (Wildman–Crippen MR) is 97.0 cm³/mol. The molecule has 0 aliphatic carbocycles. The number of halogens is 1. The molecule has 1 aromatic carbocycles. The van der Waals surface area contributed by atoms with Gasteiger partial charge in [0.25, 0.3) is 5.91 Å². The molecule has 0 fully saturated rings. The molecule has 3 rings (SSSR count). The van der Waals surface area contributed by atoms with E-state index >= 15 is 0 Å². The van der Waals surface area contributed by atoms with Gasteiger partial charge in [-0.3, -0.25) is 9.78 Å². The summed E-state index contributed by atoms with van der Waals surface area (Å²) < 4.78 is 3.03. The Bertz CT molecular complexity index is 801. The van der Waals surface area contributed by atoms with Crippen LogP contribution in [0.3, 0.4) is 0 Å². The van der Waals surface area contributed by atoms with Gasteiger partial charge in [-0.2, -0.15) is 0 Å². The molecule has 0 aliphatic heterocycles. The number of carbonyl (C=O) groups excluding carboxylic acids is 1. The van der Waals surface area contributed by atoms with Crippen LogP contribution in [0.2, 0.25) is 0 Å². The first-order valence-corrected chi connectivity index (χ1v) is 8.28. The van der Waals surface area contributed by atoms with Gasteiger partial charge in [-0.25, -0.2) is 4.98 Å². The molecule has 0 spiro atoms. The first kappa shape index (κ1) is 15.7. The van der Waals surface area contributed by atoms with Crippen molar-refractivity contribution in [2.45, 2.75) is 6.54 Å². The van der Waals surface area contributed by atoms with Crippen LogP contribution in [0.15, 0.2) is 61.1 Å². The Morgan fingerprint density at radius 1 is 1.13 bits per heavy atom. The van der Waals surface area contributed by atoms with Crippen LogP contribution in [0.4, 0.5) is 0 Å². The summed E-state index contributed by atoms with van der Waals surface area (Å²) in [6.07, 6.45) is 5.38. The minimum atomic E-state index is -0.0667. The van der Waals surface area contributed by atoms with Crippen molar-refractivity contribution in [1.29, 1.82) is 0 Å². The second-order valence-corrected chi connectivity index (χ2v) is 6.17. The Labute approximate surface area is 147 Å². The zero-order valence-corrected chi connectivity index (χ0v) is 14.5. The summed E-state index contributed by atoms with van der Waals surface area (Å²) in [5.41, 5.74) is 1.49. The van der Waals surface area contributed by atoms with Crippen molar-refractivity contribution in [3.05, 3.63) is 70.2 Å². The topological polar surface area (TPSA) is 59.8 Å². The number of hydrogen-bond acceptors (Lipinski definition) is 3. The molecule has 2 aromatic heterocycles. The maximum atomic E-state index is 12.1. The molecule has 5 nitrogen and oxygen atoms in total. The average molecular weight is 418 g/mol. The van der Waals surface area contributed by atoms with E-state index in [9.17, 15) is 4.79 Å². The van der Waals surface area contributed by atoms with Crippen molar-refractivity contribution in [2.24, 2.45) is 0 Å². The van der Waals surface area contributed by atoms with Crippen molar-refractivity contribution in [1.82, 2.24) is 19.9 Å². The van der Waals surface area contributed by atoms with Crippen molar-refractivity contribution in [3.8, 4) is 11.5 Å². The summed E-state index contributed by atoms with van der Waals surface area (Å²) in [6, 6.07) is 13.2. The number of benzene rings is 1. The molecule has 0 radical (unpaired) electrons. The molecule has 23 heavy (non-hydrogen) atoms. The van der Waals surface area contributed by atoms with Gasteiger partial charge in [0.1, 0.15) is 5.69 Å². The predicted octanol–water partition coefficient (Wildman–Crippen LogP) is 2.98. The van der Waals surface area contributed by atoms with E-state index in [0.29, 0.717) is 18.7 Å². The second-order valence-electron chi connectivity index (χ2n) is 4.93. The van der Waals surface area contributed by atoms with Gasteiger partial charge in [-0.05, 0) is 52.9 Å². The Morgan fingerprint density at radius 3 is 2.83 bits per heavy atom. The fourth-order valence-corrected chi connectivity index (χ4v) is 2.78. The molecule has 0 bridgehead atoms. The molecule has 2 heterocycles. The molecule has 0 saturated heterocycles.